The number of aromatic carboxylic acids is 1. The van der Waals surface area contributed by atoms with Gasteiger partial charge >= 0.3 is 0 Å². The number of carboxylic acids is 1. The number of carbonyl (C=O) groups excluding carboxylic acids is 2. The Kier molecular flexibility index (Phi) is 6.96. The second-order valence-electron chi connectivity index (χ2n) is 7.89. The largest absolute Gasteiger partial charge is 0.545 e. The molecule has 0 bridgehead atoms. The SMILES string of the molecule is O=C([O-])c1ccccc1-c1ccccc1CN(Cc1ccccc1)C(=O)Cc1ccccc1. The van der Waals surface area contributed by atoms with Crippen molar-refractivity contribution < 1.29 is 14.7 Å². The van der Waals surface area contributed by atoms with E-state index in [1.54, 1.807) is 24.3 Å². The number of benzene rings is 4. The van der Waals surface area contributed by atoms with E-state index in [0.29, 0.717) is 25.1 Å². The van der Waals surface area contributed by atoms with E-state index in [1.165, 1.54) is 0 Å². The average Bonchev–Trinajstić information content (AvgIpc) is 2.85. The highest BCUT2D eigenvalue weighted by molar-refractivity contribution is 5.95. The molecular weight excluding hydrogens is 410 g/mol. The van der Waals surface area contributed by atoms with Gasteiger partial charge in [0.1, 0.15) is 0 Å². The third-order valence-electron chi connectivity index (χ3n) is 5.58. The minimum atomic E-state index is -1.22. The molecule has 0 fully saturated rings. The topological polar surface area (TPSA) is 60.4 Å². The number of amides is 1. The molecule has 0 radical (unpaired) electrons. The smallest absolute Gasteiger partial charge is 0.227 e. The van der Waals surface area contributed by atoms with E-state index in [-0.39, 0.29) is 11.5 Å². The average molecular weight is 435 g/mol. The van der Waals surface area contributed by atoms with Gasteiger partial charge in [-0.1, -0.05) is 109 Å². The van der Waals surface area contributed by atoms with E-state index in [4.69, 9.17) is 0 Å². The number of hydrogen-bond acceptors (Lipinski definition) is 3. The summed E-state index contributed by atoms with van der Waals surface area (Å²) in [6.45, 7) is 0.821. The lowest BCUT2D eigenvalue weighted by Crippen LogP contribution is -2.31. The fourth-order valence-corrected chi connectivity index (χ4v) is 3.94. The van der Waals surface area contributed by atoms with Crippen molar-refractivity contribution in [2.45, 2.75) is 19.5 Å². The lowest BCUT2D eigenvalue weighted by Gasteiger charge is -2.25. The zero-order chi connectivity index (χ0) is 23.0. The van der Waals surface area contributed by atoms with Crippen LogP contribution in [-0.2, 0) is 24.3 Å². The number of rotatable bonds is 8. The molecule has 0 atom stereocenters. The summed E-state index contributed by atoms with van der Waals surface area (Å²) in [6.07, 6.45) is 0.297. The maximum atomic E-state index is 13.4. The molecule has 0 aliphatic carbocycles. The molecule has 33 heavy (non-hydrogen) atoms. The fraction of sp³-hybridized carbons (Fsp3) is 0.103. The molecule has 0 aliphatic rings. The molecule has 4 aromatic carbocycles. The molecule has 0 aliphatic heterocycles. The van der Waals surface area contributed by atoms with Gasteiger partial charge in [-0.2, -0.15) is 0 Å². The van der Waals surface area contributed by atoms with Crippen LogP contribution < -0.4 is 5.11 Å². The van der Waals surface area contributed by atoms with Gasteiger partial charge in [-0.3, -0.25) is 4.79 Å². The maximum Gasteiger partial charge on any atom is 0.227 e. The van der Waals surface area contributed by atoms with Crippen molar-refractivity contribution in [3.63, 3.8) is 0 Å². The van der Waals surface area contributed by atoms with Gasteiger partial charge in [0.25, 0.3) is 0 Å². The Morgan fingerprint density at radius 3 is 1.82 bits per heavy atom. The van der Waals surface area contributed by atoms with Gasteiger partial charge in [0.2, 0.25) is 5.91 Å². The zero-order valence-corrected chi connectivity index (χ0v) is 18.2. The van der Waals surface area contributed by atoms with Crippen LogP contribution in [0, 0.1) is 0 Å². The van der Waals surface area contributed by atoms with Crippen molar-refractivity contribution in [3.05, 3.63) is 131 Å². The summed E-state index contributed by atoms with van der Waals surface area (Å²) in [5.74, 6) is -1.21. The third kappa shape index (κ3) is 5.55. The van der Waals surface area contributed by atoms with Crippen LogP contribution in [0.15, 0.2) is 109 Å². The molecule has 4 rings (SSSR count). The van der Waals surface area contributed by atoms with Crippen molar-refractivity contribution in [1.29, 1.82) is 0 Å². The third-order valence-corrected chi connectivity index (χ3v) is 5.58. The Labute approximate surface area is 193 Å². The summed E-state index contributed by atoms with van der Waals surface area (Å²) < 4.78 is 0. The number of carbonyl (C=O) groups is 2. The summed E-state index contributed by atoms with van der Waals surface area (Å²) >= 11 is 0. The standard InChI is InChI=1S/C29H25NO3/c31-28(19-22-11-3-1-4-12-22)30(20-23-13-5-2-6-14-23)21-24-15-7-8-16-25(24)26-17-9-10-18-27(26)29(32)33/h1-18H,19-21H2,(H,32,33)/p-1. The predicted octanol–water partition coefficient (Wildman–Crippen LogP) is 4.49. The minimum absolute atomic E-state index is 0.00745. The Bertz CT molecular complexity index is 1240. The molecule has 0 aromatic heterocycles. The van der Waals surface area contributed by atoms with Crippen molar-refractivity contribution in [1.82, 2.24) is 4.90 Å². The quantitative estimate of drug-likeness (QED) is 0.411. The Hall–Kier alpha value is -4.18. The number of carboxylic acid groups (broad SMARTS) is 1. The first-order valence-corrected chi connectivity index (χ1v) is 10.9. The van der Waals surface area contributed by atoms with E-state index in [1.807, 2.05) is 89.8 Å². The van der Waals surface area contributed by atoms with Gasteiger partial charge in [0, 0.05) is 18.7 Å². The van der Waals surface area contributed by atoms with Gasteiger partial charge < -0.3 is 14.8 Å². The van der Waals surface area contributed by atoms with Gasteiger partial charge in [-0.05, 0) is 27.8 Å². The summed E-state index contributed by atoms with van der Waals surface area (Å²) in [5, 5.41) is 11.7. The van der Waals surface area contributed by atoms with Gasteiger partial charge in [-0.15, -0.1) is 0 Å². The van der Waals surface area contributed by atoms with Crippen LogP contribution in [0.4, 0.5) is 0 Å². The summed E-state index contributed by atoms with van der Waals surface area (Å²) in [7, 11) is 0. The number of nitrogens with zero attached hydrogens (tertiary/aromatic N) is 1. The van der Waals surface area contributed by atoms with Crippen LogP contribution >= 0.6 is 0 Å². The highest BCUT2D eigenvalue weighted by atomic mass is 16.4. The molecule has 0 spiro atoms. The normalized spacial score (nSPS) is 10.5. The molecule has 0 saturated carbocycles. The summed E-state index contributed by atoms with van der Waals surface area (Å²) in [5.41, 5.74) is 4.37. The van der Waals surface area contributed by atoms with E-state index in [0.717, 1.165) is 22.3 Å². The minimum Gasteiger partial charge on any atom is -0.545 e. The molecule has 164 valence electrons. The highest BCUT2D eigenvalue weighted by Gasteiger charge is 2.18. The van der Waals surface area contributed by atoms with Crippen LogP contribution in [-0.4, -0.2) is 16.8 Å². The molecule has 4 aromatic rings. The maximum absolute atomic E-state index is 13.4. The predicted molar refractivity (Wildman–Crippen MR) is 127 cm³/mol. The Morgan fingerprint density at radius 2 is 1.15 bits per heavy atom. The first kappa shape index (κ1) is 22.0. The highest BCUT2D eigenvalue weighted by Crippen LogP contribution is 2.28. The molecular formula is C29H24NO3-. The van der Waals surface area contributed by atoms with E-state index in [2.05, 4.69) is 0 Å². The first-order chi connectivity index (χ1) is 16.1. The summed E-state index contributed by atoms with van der Waals surface area (Å²) in [6, 6.07) is 34.0. The van der Waals surface area contributed by atoms with E-state index >= 15 is 0 Å². The molecule has 0 N–H and O–H groups in total. The molecule has 0 heterocycles. The molecule has 4 nitrogen and oxygen atoms in total. The van der Waals surface area contributed by atoms with Crippen LogP contribution in [0.3, 0.4) is 0 Å². The monoisotopic (exact) mass is 434 g/mol. The fourth-order valence-electron chi connectivity index (χ4n) is 3.94. The van der Waals surface area contributed by atoms with Crippen LogP contribution in [0.1, 0.15) is 27.0 Å². The van der Waals surface area contributed by atoms with E-state index in [9.17, 15) is 14.7 Å². The van der Waals surface area contributed by atoms with Crippen molar-refractivity contribution in [2.24, 2.45) is 0 Å². The van der Waals surface area contributed by atoms with Crippen LogP contribution in [0.25, 0.3) is 11.1 Å². The van der Waals surface area contributed by atoms with Crippen molar-refractivity contribution in [3.8, 4) is 11.1 Å². The van der Waals surface area contributed by atoms with E-state index < -0.39 is 5.97 Å². The van der Waals surface area contributed by atoms with Gasteiger partial charge in [0.05, 0.1) is 12.4 Å². The van der Waals surface area contributed by atoms with Crippen molar-refractivity contribution in [2.75, 3.05) is 0 Å². The second kappa shape index (κ2) is 10.4. The zero-order valence-electron chi connectivity index (χ0n) is 18.2. The Morgan fingerprint density at radius 1 is 0.606 bits per heavy atom. The van der Waals surface area contributed by atoms with Crippen molar-refractivity contribution >= 4 is 11.9 Å². The molecule has 0 unspecified atom stereocenters. The number of hydrogen-bond donors (Lipinski definition) is 0. The first-order valence-electron chi connectivity index (χ1n) is 10.9. The lowest BCUT2D eigenvalue weighted by molar-refractivity contribution is -0.254. The van der Waals surface area contributed by atoms with Gasteiger partial charge in [-0.25, -0.2) is 0 Å². The molecule has 4 heteroatoms. The van der Waals surface area contributed by atoms with Crippen LogP contribution in [0.5, 0.6) is 0 Å². The summed E-state index contributed by atoms with van der Waals surface area (Å²) in [4.78, 5) is 26.9. The molecule has 0 saturated heterocycles. The lowest BCUT2D eigenvalue weighted by atomic mass is 9.95. The molecule has 1 amide bonds. The Balaban J connectivity index is 1.68. The van der Waals surface area contributed by atoms with Crippen LogP contribution in [0.2, 0.25) is 0 Å². The van der Waals surface area contributed by atoms with Gasteiger partial charge in [0.15, 0.2) is 0 Å². The second-order valence-corrected chi connectivity index (χ2v) is 7.89.